The minimum absolute atomic E-state index is 0.0195. The fourth-order valence-electron chi connectivity index (χ4n) is 6.74. The van der Waals surface area contributed by atoms with Crippen molar-refractivity contribution in [1.82, 2.24) is 29.7 Å². The van der Waals surface area contributed by atoms with Crippen molar-refractivity contribution in [3.63, 3.8) is 0 Å². The van der Waals surface area contributed by atoms with Gasteiger partial charge in [-0.3, -0.25) is 18.7 Å². The summed E-state index contributed by atoms with van der Waals surface area (Å²) in [5.41, 5.74) is -0.995. The first-order chi connectivity index (χ1) is 28.4. The molecule has 2 amide bonds. The average Bonchev–Trinajstić information content (AvgIpc) is 3.65. The van der Waals surface area contributed by atoms with Crippen LogP contribution in [0.5, 0.6) is 0 Å². The molecule has 4 aromatic rings. The van der Waals surface area contributed by atoms with Crippen molar-refractivity contribution in [2.75, 3.05) is 43.1 Å². The standard InChI is InChI=1S/C20H25F3N4O4.C19H23F3N4O4/c1-20(2,3)31-19(29)25-15-9-26(6-5-11(15)21)18-24-14-7-12(22)13(23)8-16(14)27(18)10-17(28)30-4;1-19(2,3)30-18(29)24-14-8-25(5-4-10(14)20)17-23-13-6-11(21)12(22)7-15(13)26(17)9-16(27)28/h7-8,11,15H,5-6,9-10H2,1-4H3,(H,25,29);6-7,10,14H,4-5,8-9H2,1-3H3,(H,24,29)(H,27,28)/t11-,15-;10-,14-/m11/s1. The molecule has 0 radical (unpaired) electrons. The zero-order valence-electron chi connectivity index (χ0n) is 34.5. The topological polar surface area (TPSA) is 182 Å². The first kappa shape index (κ1) is 46.1. The SMILES string of the molecule is CC(C)(C)OC(=O)N[C@@H]1CN(c2nc3cc(F)c(F)cc3n2CC(=O)O)CC[C@H]1F.COC(=O)Cn1c(N2CC[C@@H](F)[C@H](NC(=O)OC(C)(C)C)C2)nc2cc(F)c(F)cc21. The van der Waals surface area contributed by atoms with Crippen molar-refractivity contribution in [1.29, 1.82) is 0 Å². The normalized spacial score (nSPS) is 19.6. The second-order valence-electron chi connectivity index (χ2n) is 16.5. The summed E-state index contributed by atoms with van der Waals surface area (Å²) in [4.78, 5) is 59.2. The Morgan fingerprint density at radius 3 is 1.43 bits per heavy atom. The number of alkyl halides is 2. The van der Waals surface area contributed by atoms with Crippen LogP contribution in [0, 0.1) is 23.3 Å². The van der Waals surface area contributed by atoms with E-state index < -0.39 is 89.6 Å². The molecule has 2 aliphatic heterocycles. The third-order valence-electron chi connectivity index (χ3n) is 9.38. The Bertz CT molecular complexity index is 2280. The second-order valence-corrected chi connectivity index (χ2v) is 16.5. The number of hydrogen-bond donors (Lipinski definition) is 3. The van der Waals surface area contributed by atoms with E-state index in [1.165, 1.54) is 16.2 Å². The second kappa shape index (κ2) is 18.3. The maximum absolute atomic E-state index is 14.5. The number of rotatable bonds is 8. The number of carbonyl (C=O) groups is 4. The number of esters is 1. The molecule has 2 saturated heterocycles. The van der Waals surface area contributed by atoms with Gasteiger partial charge in [0.2, 0.25) is 11.9 Å². The summed E-state index contributed by atoms with van der Waals surface area (Å²) in [5, 5.41) is 14.3. The number of methoxy groups -OCH3 is 1. The number of anilines is 2. The van der Waals surface area contributed by atoms with Crippen LogP contribution in [0.25, 0.3) is 22.1 Å². The van der Waals surface area contributed by atoms with Gasteiger partial charge in [-0.1, -0.05) is 0 Å². The number of hydrogen-bond acceptors (Lipinski definition) is 11. The van der Waals surface area contributed by atoms with Gasteiger partial charge in [0.05, 0.1) is 41.3 Å². The van der Waals surface area contributed by atoms with E-state index in [4.69, 9.17) is 14.2 Å². The highest BCUT2D eigenvalue weighted by Crippen LogP contribution is 2.30. The molecule has 2 aromatic heterocycles. The molecule has 2 aliphatic rings. The molecule has 2 fully saturated rings. The lowest BCUT2D eigenvalue weighted by atomic mass is 10.0. The molecule has 22 heteroatoms. The third-order valence-corrected chi connectivity index (χ3v) is 9.38. The minimum Gasteiger partial charge on any atom is -0.480 e. The van der Waals surface area contributed by atoms with Crippen LogP contribution >= 0.6 is 0 Å². The molecule has 0 aliphatic carbocycles. The van der Waals surface area contributed by atoms with E-state index in [0.29, 0.717) is 0 Å². The smallest absolute Gasteiger partial charge is 0.408 e. The van der Waals surface area contributed by atoms with Gasteiger partial charge in [0.1, 0.15) is 36.6 Å². The number of carboxylic acids is 1. The summed E-state index contributed by atoms with van der Waals surface area (Å²) in [7, 11) is 1.21. The van der Waals surface area contributed by atoms with E-state index in [2.05, 4.69) is 20.6 Å². The fourth-order valence-corrected chi connectivity index (χ4v) is 6.74. The number of aliphatic carboxylic acids is 1. The molecule has 0 unspecified atom stereocenters. The molecule has 4 atom stereocenters. The molecule has 61 heavy (non-hydrogen) atoms. The number of alkyl carbamates (subject to hydrolysis) is 2. The molecule has 4 heterocycles. The zero-order valence-corrected chi connectivity index (χ0v) is 34.5. The van der Waals surface area contributed by atoms with Crippen LogP contribution in [0.15, 0.2) is 24.3 Å². The van der Waals surface area contributed by atoms with E-state index in [0.717, 1.165) is 24.3 Å². The van der Waals surface area contributed by atoms with E-state index in [1.807, 2.05) is 0 Å². The third kappa shape index (κ3) is 11.7. The highest BCUT2D eigenvalue weighted by Gasteiger charge is 2.36. The first-order valence-electron chi connectivity index (χ1n) is 19.2. The maximum atomic E-state index is 14.5. The first-order valence-corrected chi connectivity index (χ1v) is 19.2. The molecular weight excluding hydrogens is 822 g/mol. The van der Waals surface area contributed by atoms with Crippen molar-refractivity contribution >= 4 is 58.1 Å². The number of carbonyl (C=O) groups excluding carboxylic acids is 3. The monoisotopic (exact) mass is 870 g/mol. The Morgan fingerprint density at radius 2 is 1.07 bits per heavy atom. The molecule has 0 spiro atoms. The molecule has 2 aromatic carbocycles. The number of ether oxygens (including phenoxy) is 3. The Morgan fingerprint density at radius 1 is 0.689 bits per heavy atom. The van der Waals surface area contributed by atoms with Crippen molar-refractivity contribution < 1.29 is 64.8 Å². The summed E-state index contributed by atoms with van der Waals surface area (Å²) in [6.07, 6.45) is -4.09. The maximum Gasteiger partial charge on any atom is 0.408 e. The van der Waals surface area contributed by atoms with Gasteiger partial charge in [0, 0.05) is 50.4 Å². The number of imidazole rings is 2. The number of halogens is 6. The molecule has 6 rings (SSSR count). The quantitative estimate of drug-likeness (QED) is 0.111. The summed E-state index contributed by atoms with van der Waals surface area (Å²) < 4.78 is 101. The van der Waals surface area contributed by atoms with Crippen LogP contribution < -0.4 is 20.4 Å². The lowest BCUT2D eigenvalue weighted by Crippen LogP contribution is -2.55. The van der Waals surface area contributed by atoms with E-state index in [9.17, 15) is 50.6 Å². The van der Waals surface area contributed by atoms with Crippen molar-refractivity contribution in [3.8, 4) is 0 Å². The van der Waals surface area contributed by atoms with E-state index >= 15 is 0 Å². The number of nitrogens with zero attached hydrogens (tertiary/aromatic N) is 6. The summed E-state index contributed by atoms with van der Waals surface area (Å²) in [5.74, 6) is -5.88. The number of fused-ring (bicyclic) bond motifs is 2. The largest absolute Gasteiger partial charge is 0.480 e. The summed E-state index contributed by atoms with van der Waals surface area (Å²) >= 11 is 0. The number of piperidine rings is 2. The van der Waals surface area contributed by atoms with Gasteiger partial charge in [-0.05, 0) is 54.4 Å². The Kier molecular flexibility index (Phi) is 13.9. The Balaban J connectivity index is 0.000000231. The fraction of sp³-hybridized carbons (Fsp3) is 0.538. The van der Waals surface area contributed by atoms with Crippen LogP contribution in [0.2, 0.25) is 0 Å². The Labute approximate surface area is 346 Å². The van der Waals surface area contributed by atoms with Crippen LogP contribution in [0.4, 0.5) is 47.8 Å². The predicted molar refractivity (Wildman–Crippen MR) is 209 cm³/mol. The number of amides is 2. The van der Waals surface area contributed by atoms with Crippen molar-refractivity contribution in [2.45, 2.75) is 103 Å². The lowest BCUT2D eigenvalue weighted by Gasteiger charge is -2.36. The molecule has 16 nitrogen and oxygen atoms in total. The number of benzene rings is 2. The van der Waals surface area contributed by atoms with Gasteiger partial charge in [-0.2, -0.15) is 0 Å². The molecule has 0 saturated carbocycles. The number of nitrogens with one attached hydrogen (secondary N) is 2. The molecule has 0 bridgehead atoms. The van der Waals surface area contributed by atoms with Gasteiger partial charge in [0.25, 0.3) is 0 Å². The van der Waals surface area contributed by atoms with Gasteiger partial charge in [-0.25, -0.2) is 45.9 Å². The van der Waals surface area contributed by atoms with Gasteiger partial charge in [-0.15, -0.1) is 0 Å². The van der Waals surface area contributed by atoms with Gasteiger partial charge in [0.15, 0.2) is 23.3 Å². The van der Waals surface area contributed by atoms with Crippen LogP contribution in [-0.2, 0) is 36.9 Å². The molecule has 334 valence electrons. The summed E-state index contributed by atoms with van der Waals surface area (Å²) in [6.45, 7) is 9.69. The summed E-state index contributed by atoms with van der Waals surface area (Å²) in [6, 6.07) is 1.80. The van der Waals surface area contributed by atoms with Gasteiger partial charge >= 0.3 is 24.1 Å². The average molecular weight is 871 g/mol. The molecule has 3 N–H and O–H groups in total. The Hall–Kier alpha value is -5.96. The van der Waals surface area contributed by atoms with Crippen LogP contribution in [0.1, 0.15) is 54.4 Å². The van der Waals surface area contributed by atoms with E-state index in [1.54, 1.807) is 51.3 Å². The van der Waals surface area contributed by atoms with Crippen LogP contribution in [-0.4, -0.2) is 117 Å². The number of aromatic nitrogens is 4. The van der Waals surface area contributed by atoms with Crippen LogP contribution in [0.3, 0.4) is 0 Å². The highest BCUT2D eigenvalue weighted by atomic mass is 19.2. The van der Waals surface area contributed by atoms with Gasteiger partial charge < -0.3 is 39.8 Å². The molecular formula is C39H48F6N8O8. The van der Waals surface area contributed by atoms with Crippen molar-refractivity contribution in [3.05, 3.63) is 47.5 Å². The number of carboxylic acid groups (broad SMARTS) is 1. The highest BCUT2D eigenvalue weighted by molar-refractivity contribution is 5.83. The van der Waals surface area contributed by atoms with Crippen molar-refractivity contribution in [2.24, 2.45) is 0 Å². The predicted octanol–water partition coefficient (Wildman–Crippen LogP) is 5.77. The minimum atomic E-state index is -1.35. The zero-order chi connectivity index (χ0) is 45.1. The lowest BCUT2D eigenvalue weighted by molar-refractivity contribution is -0.141. The van der Waals surface area contributed by atoms with E-state index in [-0.39, 0.29) is 79.5 Å².